The van der Waals surface area contributed by atoms with Crippen LogP contribution in [0.25, 0.3) is 0 Å². The fraction of sp³-hybridized carbons (Fsp3) is 0.500. The highest BCUT2D eigenvalue weighted by Crippen LogP contribution is 2.24. The molecule has 1 unspecified atom stereocenters. The lowest BCUT2D eigenvalue weighted by Gasteiger charge is -2.37. The lowest BCUT2D eigenvalue weighted by molar-refractivity contribution is -0.136. The third kappa shape index (κ3) is 4.55. The Kier molecular flexibility index (Phi) is 6.59. The molecule has 1 saturated heterocycles. The molecule has 3 rings (SSSR count). The Hall–Kier alpha value is -2.30. The number of carbonyl (C=O) groups excluding carboxylic acids is 1. The van der Waals surface area contributed by atoms with Gasteiger partial charge < -0.3 is 9.42 Å². The number of sulfonamides is 1. The normalized spacial score (nSPS) is 17.1. The zero-order valence-corrected chi connectivity index (χ0v) is 18.4. The Bertz CT molecular complexity index is 996. The average Bonchev–Trinajstić information content (AvgIpc) is 3.05. The lowest BCUT2D eigenvalue weighted by Crippen LogP contribution is -2.55. The molecular formula is C20H27FN4O4S. The molecule has 8 nitrogen and oxygen atoms in total. The number of amides is 1. The molecule has 2 aromatic rings. The van der Waals surface area contributed by atoms with Crippen LogP contribution < -0.4 is 0 Å². The van der Waals surface area contributed by atoms with Crippen molar-refractivity contribution in [2.45, 2.75) is 38.3 Å². The Balaban J connectivity index is 1.60. The second kappa shape index (κ2) is 8.83. The minimum Gasteiger partial charge on any atom is -0.360 e. The van der Waals surface area contributed by atoms with E-state index in [1.54, 1.807) is 37.9 Å². The van der Waals surface area contributed by atoms with Crippen LogP contribution in [0.3, 0.4) is 0 Å². The Morgan fingerprint density at radius 2 is 1.93 bits per heavy atom. The number of benzene rings is 1. The van der Waals surface area contributed by atoms with Crippen LogP contribution in [-0.2, 0) is 21.4 Å². The van der Waals surface area contributed by atoms with E-state index < -0.39 is 16.1 Å². The molecule has 1 aromatic heterocycles. The van der Waals surface area contributed by atoms with Crippen molar-refractivity contribution >= 4 is 15.9 Å². The van der Waals surface area contributed by atoms with Crippen molar-refractivity contribution < 1.29 is 22.1 Å². The molecule has 1 amide bonds. The number of nitrogens with zero attached hydrogens (tertiary/aromatic N) is 4. The summed E-state index contributed by atoms with van der Waals surface area (Å²) in [4.78, 5) is 16.5. The number of carbonyl (C=O) groups is 1. The fourth-order valence-corrected chi connectivity index (χ4v) is 5.48. The van der Waals surface area contributed by atoms with E-state index in [2.05, 4.69) is 5.16 Å². The first-order chi connectivity index (χ1) is 14.1. The Labute approximate surface area is 176 Å². The highest BCUT2D eigenvalue weighted by atomic mass is 32.2. The molecule has 1 aliphatic rings. The predicted octanol–water partition coefficient (Wildman–Crippen LogP) is 1.78. The first-order valence-electron chi connectivity index (χ1n) is 9.77. The average molecular weight is 439 g/mol. The van der Waals surface area contributed by atoms with E-state index in [0.29, 0.717) is 30.9 Å². The van der Waals surface area contributed by atoms with Crippen LogP contribution in [0.2, 0.25) is 0 Å². The van der Waals surface area contributed by atoms with E-state index >= 15 is 0 Å². The zero-order valence-electron chi connectivity index (χ0n) is 17.6. The monoisotopic (exact) mass is 438 g/mol. The second-order valence-electron chi connectivity index (χ2n) is 7.59. The van der Waals surface area contributed by atoms with E-state index in [0.717, 1.165) is 0 Å². The van der Waals surface area contributed by atoms with Gasteiger partial charge in [0.25, 0.3) is 0 Å². The summed E-state index contributed by atoms with van der Waals surface area (Å²) < 4.78 is 45.7. The number of aryl methyl sites for hydroxylation is 2. The molecule has 0 bridgehead atoms. The van der Waals surface area contributed by atoms with E-state index in [1.807, 2.05) is 11.8 Å². The van der Waals surface area contributed by atoms with Gasteiger partial charge in [0.05, 0.1) is 6.04 Å². The summed E-state index contributed by atoms with van der Waals surface area (Å²) in [6.45, 7) is 6.72. The standard InChI is InChI=1S/C20H27FN4O4S/c1-14-19(16(3)29-22-14)30(27,28)25-10-8-24(9-11-25)15(2)20(26)23(4)13-17-6-5-7-18(21)12-17/h5-7,12,15H,8-11,13H2,1-4H3. The summed E-state index contributed by atoms with van der Waals surface area (Å²) in [6.07, 6.45) is 0. The minimum absolute atomic E-state index is 0.0960. The Morgan fingerprint density at radius 1 is 1.27 bits per heavy atom. The van der Waals surface area contributed by atoms with Gasteiger partial charge in [-0.05, 0) is 38.5 Å². The summed E-state index contributed by atoms with van der Waals surface area (Å²) >= 11 is 0. The van der Waals surface area contributed by atoms with Crippen molar-refractivity contribution in [2.75, 3.05) is 33.2 Å². The number of piperazine rings is 1. The molecule has 0 N–H and O–H groups in total. The maximum absolute atomic E-state index is 13.4. The fourth-order valence-electron chi connectivity index (χ4n) is 3.77. The van der Waals surface area contributed by atoms with Gasteiger partial charge >= 0.3 is 0 Å². The highest BCUT2D eigenvalue weighted by Gasteiger charge is 2.35. The number of aromatic nitrogens is 1. The van der Waals surface area contributed by atoms with Crippen molar-refractivity contribution in [3.63, 3.8) is 0 Å². The third-order valence-corrected chi connectivity index (χ3v) is 7.57. The number of likely N-dealkylation sites (N-methyl/N-ethyl adjacent to an activating group) is 1. The first kappa shape index (κ1) is 22.4. The number of rotatable bonds is 6. The first-order valence-corrected chi connectivity index (χ1v) is 11.2. The predicted molar refractivity (Wildman–Crippen MR) is 109 cm³/mol. The van der Waals surface area contributed by atoms with Crippen molar-refractivity contribution in [1.29, 1.82) is 0 Å². The van der Waals surface area contributed by atoms with Crippen molar-refractivity contribution in [1.82, 2.24) is 19.3 Å². The van der Waals surface area contributed by atoms with Gasteiger partial charge in [-0.1, -0.05) is 17.3 Å². The molecule has 0 radical (unpaired) electrons. The van der Waals surface area contributed by atoms with E-state index in [4.69, 9.17) is 4.52 Å². The van der Waals surface area contributed by atoms with Gasteiger partial charge in [-0.15, -0.1) is 0 Å². The van der Waals surface area contributed by atoms with E-state index in [1.165, 1.54) is 16.4 Å². The lowest BCUT2D eigenvalue weighted by atomic mass is 10.1. The van der Waals surface area contributed by atoms with E-state index in [-0.39, 0.29) is 35.5 Å². The molecule has 0 spiro atoms. The van der Waals surface area contributed by atoms with E-state index in [9.17, 15) is 17.6 Å². The molecule has 164 valence electrons. The summed E-state index contributed by atoms with van der Waals surface area (Å²) in [6, 6.07) is 5.75. The zero-order chi connectivity index (χ0) is 22.1. The summed E-state index contributed by atoms with van der Waals surface area (Å²) in [5, 5.41) is 3.74. The Morgan fingerprint density at radius 3 is 2.50 bits per heavy atom. The van der Waals surface area contributed by atoms with Crippen LogP contribution in [0.1, 0.15) is 23.9 Å². The molecule has 0 aliphatic carbocycles. The van der Waals surface area contributed by atoms with Crippen LogP contribution in [0.15, 0.2) is 33.7 Å². The quantitative estimate of drug-likeness (QED) is 0.683. The smallest absolute Gasteiger partial charge is 0.248 e. The third-order valence-electron chi connectivity index (χ3n) is 5.43. The van der Waals surface area contributed by atoms with Gasteiger partial charge in [-0.2, -0.15) is 4.31 Å². The van der Waals surface area contributed by atoms with Gasteiger partial charge in [0.2, 0.25) is 15.9 Å². The van der Waals surface area contributed by atoms with Gasteiger partial charge in [0, 0.05) is 39.8 Å². The maximum atomic E-state index is 13.4. The molecule has 0 saturated carbocycles. The minimum atomic E-state index is -3.69. The summed E-state index contributed by atoms with van der Waals surface area (Å²) in [5.74, 6) is -0.157. The van der Waals surface area contributed by atoms with Gasteiger partial charge in [0.15, 0.2) is 5.76 Å². The van der Waals surface area contributed by atoms with Crippen LogP contribution >= 0.6 is 0 Å². The summed E-state index contributed by atoms with van der Waals surface area (Å²) in [5.41, 5.74) is 1.06. The van der Waals surface area contributed by atoms with Crippen molar-refractivity contribution in [3.8, 4) is 0 Å². The SMILES string of the molecule is Cc1noc(C)c1S(=O)(=O)N1CCN(C(C)C(=O)N(C)Cc2cccc(F)c2)CC1. The maximum Gasteiger partial charge on any atom is 0.248 e. The molecular weight excluding hydrogens is 411 g/mol. The summed E-state index contributed by atoms with van der Waals surface area (Å²) in [7, 11) is -2.01. The molecule has 30 heavy (non-hydrogen) atoms. The van der Waals surface area contributed by atoms with Crippen molar-refractivity contribution in [2.24, 2.45) is 0 Å². The number of halogens is 1. The molecule has 1 atom stereocenters. The van der Waals surface area contributed by atoms with Crippen LogP contribution in [0.5, 0.6) is 0 Å². The van der Waals surface area contributed by atoms with Crippen LogP contribution in [0.4, 0.5) is 4.39 Å². The van der Waals surface area contributed by atoms with Gasteiger partial charge in [-0.25, -0.2) is 12.8 Å². The molecule has 1 aromatic carbocycles. The van der Waals surface area contributed by atoms with Gasteiger partial charge in [0.1, 0.15) is 16.4 Å². The molecule has 1 fully saturated rings. The second-order valence-corrected chi connectivity index (χ2v) is 9.47. The van der Waals surface area contributed by atoms with Crippen molar-refractivity contribution in [3.05, 3.63) is 47.1 Å². The number of hydrogen-bond donors (Lipinski definition) is 0. The molecule has 10 heteroatoms. The molecule has 2 heterocycles. The van der Waals surface area contributed by atoms with Crippen LogP contribution in [0, 0.1) is 19.7 Å². The molecule has 1 aliphatic heterocycles. The largest absolute Gasteiger partial charge is 0.360 e. The topological polar surface area (TPSA) is 87.0 Å². The number of hydrogen-bond acceptors (Lipinski definition) is 6. The van der Waals surface area contributed by atoms with Gasteiger partial charge in [-0.3, -0.25) is 9.69 Å². The highest BCUT2D eigenvalue weighted by molar-refractivity contribution is 7.89. The van der Waals surface area contributed by atoms with Crippen LogP contribution in [-0.4, -0.2) is 72.9 Å².